The van der Waals surface area contributed by atoms with Crippen LogP contribution in [0.5, 0.6) is 0 Å². The number of benzene rings is 1. The van der Waals surface area contributed by atoms with E-state index >= 15 is 0 Å². The molecule has 2 aromatic rings. The summed E-state index contributed by atoms with van der Waals surface area (Å²) in [6.45, 7) is 2.88. The SMILES string of the molecule is CN(C)CCN(C)C1C2OCC(O2)C(NCc2cnc3ccccc3c2)C1O. The molecule has 0 spiro atoms. The van der Waals surface area contributed by atoms with Crippen molar-refractivity contribution in [2.75, 3.05) is 40.8 Å². The van der Waals surface area contributed by atoms with E-state index in [0.29, 0.717) is 13.2 Å². The van der Waals surface area contributed by atoms with Crippen molar-refractivity contribution >= 4 is 10.9 Å². The van der Waals surface area contributed by atoms with Crippen molar-refractivity contribution in [1.82, 2.24) is 20.1 Å². The summed E-state index contributed by atoms with van der Waals surface area (Å²) in [7, 11) is 6.12. The van der Waals surface area contributed by atoms with Gasteiger partial charge in [0.25, 0.3) is 0 Å². The van der Waals surface area contributed by atoms with Crippen LogP contribution in [0.1, 0.15) is 5.56 Å². The predicted octanol–water partition coefficient (Wildman–Crippen LogP) is 0.671. The van der Waals surface area contributed by atoms with E-state index in [2.05, 4.69) is 32.2 Å². The molecule has 28 heavy (non-hydrogen) atoms. The van der Waals surface area contributed by atoms with E-state index < -0.39 is 6.10 Å². The van der Waals surface area contributed by atoms with Gasteiger partial charge in [-0.05, 0) is 38.8 Å². The Labute approximate surface area is 166 Å². The van der Waals surface area contributed by atoms with Gasteiger partial charge in [-0.25, -0.2) is 0 Å². The van der Waals surface area contributed by atoms with E-state index in [4.69, 9.17) is 9.47 Å². The van der Waals surface area contributed by atoms with Gasteiger partial charge in [0.1, 0.15) is 6.10 Å². The van der Waals surface area contributed by atoms with Crippen LogP contribution in [0.3, 0.4) is 0 Å². The maximum Gasteiger partial charge on any atom is 0.176 e. The highest BCUT2D eigenvalue weighted by atomic mass is 16.7. The van der Waals surface area contributed by atoms with Gasteiger partial charge in [-0.1, -0.05) is 18.2 Å². The summed E-state index contributed by atoms with van der Waals surface area (Å²) in [4.78, 5) is 8.80. The maximum atomic E-state index is 11.1. The van der Waals surface area contributed by atoms with Gasteiger partial charge in [-0.15, -0.1) is 0 Å². The number of para-hydroxylation sites is 1. The van der Waals surface area contributed by atoms with Gasteiger partial charge in [-0.3, -0.25) is 9.88 Å². The van der Waals surface area contributed by atoms with Crippen molar-refractivity contribution in [2.24, 2.45) is 0 Å². The molecule has 0 amide bonds. The van der Waals surface area contributed by atoms with E-state index in [9.17, 15) is 5.11 Å². The monoisotopic (exact) mass is 386 g/mol. The molecule has 5 unspecified atom stereocenters. The molecule has 2 fully saturated rings. The number of nitrogens with zero attached hydrogens (tertiary/aromatic N) is 3. The predicted molar refractivity (Wildman–Crippen MR) is 108 cm³/mol. The van der Waals surface area contributed by atoms with Crippen LogP contribution in [-0.2, 0) is 16.0 Å². The fourth-order valence-electron chi connectivity index (χ4n) is 4.08. The first-order chi connectivity index (χ1) is 13.5. The number of pyridine rings is 1. The van der Waals surface area contributed by atoms with Crippen LogP contribution < -0.4 is 5.32 Å². The first-order valence-corrected chi connectivity index (χ1v) is 9.90. The molecule has 2 bridgehead atoms. The Kier molecular flexibility index (Phi) is 5.91. The molecule has 0 radical (unpaired) electrons. The molecule has 1 aromatic carbocycles. The Balaban J connectivity index is 1.44. The third kappa shape index (κ3) is 4.05. The molecule has 7 nitrogen and oxygen atoms in total. The van der Waals surface area contributed by atoms with Crippen LogP contribution in [0.2, 0.25) is 0 Å². The number of fused-ring (bicyclic) bond motifs is 3. The van der Waals surface area contributed by atoms with Crippen molar-refractivity contribution in [3.05, 3.63) is 42.1 Å². The van der Waals surface area contributed by atoms with Gasteiger partial charge in [0.05, 0.1) is 30.3 Å². The lowest BCUT2D eigenvalue weighted by Crippen LogP contribution is -2.64. The largest absolute Gasteiger partial charge is 0.390 e. The van der Waals surface area contributed by atoms with Crippen LogP contribution in [0, 0.1) is 0 Å². The fraction of sp³-hybridized carbons (Fsp3) is 0.571. The van der Waals surface area contributed by atoms with Gasteiger partial charge >= 0.3 is 0 Å². The standard InChI is InChI=1S/C21H30N4O3/c1-24(2)8-9-25(3)19-20(26)18(17-13-27-21(19)28-17)23-12-14-10-15-6-4-5-7-16(15)22-11-14/h4-7,10-11,17-21,23,26H,8-9,12-13H2,1-3H3. The zero-order valence-electron chi connectivity index (χ0n) is 16.8. The molecular formula is C21H30N4O3. The first kappa shape index (κ1) is 19.7. The van der Waals surface area contributed by atoms with E-state index in [0.717, 1.165) is 29.6 Å². The van der Waals surface area contributed by atoms with E-state index in [-0.39, 0.29) is 24.5 Å². The smallest absolute Gasteiger partial charge is 0.176 e. The van der Waals surface area contributed by atoms with Crippen LogP contribution in [-0.4, -0.2) is 91.3 Å². The van der Waals surface area contributed by atoms with Gasteiger partial charge in [0, 0.05) is 31.2 Å². The van der Waals surface area contributed by atoms with Crippen molar-refractivity contribution in [2.45, 2.75) is 37.1 Å². The van der Waals surface area contributed by atoms with Gasteiger partial charge in [-0.2, -0.15) is 0 Å². The second kappa shape index (κ2) is 8.41. The zero-order chi connectivity index (χ0) is 19.7. The second-order valence-corrected chi connectivity index (χ2v) is 8.08. The van der Waals surface area contributed by atoms with Gasteiger partial charge in [0.15, 0.2) is 6.29 Å². The third-order valence-corrected chi connectivity index (χ3v) is 5.73. The minimum Gasteiger partial charge on any atom is -0.390 e. The minimum absolute atomic E-state index is 0.132. The number of hydrogen-bond donors (Lipinski definition) is 2. The Morgan fingerprint density at radius 2 is 2.04 bits per heavy atom. The zero-order valence-corrected chi connectivity index (χ0v) is 16.8. The molecule has 5 atom stereocenters. The number of aliphatic hydroxyl groups is 1. The molecule has 2 aliphatic rings. The number of aliphatic hydroxyl groups excluding tert-OH is 1. The van der Waals surface area contributed by atoms with Crippen LogP contribution in [0.25, 0.3) is 10.9 Å². The van der Waals surface area contributed by atoms with Gasteiger partial charge in [0.2, 0.25) is 0 Å². The normalized spacial score (nSPS) is 29.9. The number of aromatic nitrogens is 1. The summed E-state index contributed by atoms with van der Waals surface area (Å²) in [5.41, 5.74) is 2.08. The van der Waals surface area contributed by atoms with Crippen LogP contribution in [0.4, 0.5) is 0 Å². The molecule has 7 heteroatoms. The Hall–Kier alpha value is -1.61. The number of nitrogens with one attached hydrogen (secondary N) is 1. The van der Waals surface area contributed by atoms with E-state index in [1.165, 1.54) is 0 Å². The summed E-state index contributed by atoms with van der Waals surface area (Å²) in [5, 5.41) is 15.7. The Bertz CT molecular complexity index is 802. The average Bonchev–Trinajstić information content (AvgIpc) is 3.11. The second-order valence-electron chi connectivity index (χ2n) is 8.08. The molecule has 1 aromatic heterocycles. The van der Waals surface area contributed by atoms with Crippen molar-refractivity contribution in [3.63, 3.8) is 0 Å². The molecule has 0 aliphatic carbocycles. The summed E-state index contributed by atoms with van der Waals surface area (Å²) in [6, 6.07) is 9.85. The molecular weight excluding hydrogens is 356 g/mol. The highest BCUT2D eigenvalue weighted by molar-refractivity contribution is 5.78. The lowest BCUT2D eigenvalue weighted by atomic mass is 9.95. The molecule has 3 heterocycles. The molecule has 2 saturated heterocycles. The molecule has 2 N–H and O–H groups in total. The maximum absolute atomic E-state index is 11.1. The number of hydrogen-bond acceptors (Lipinski definition) is 7. The fourth-order valence-corrected chi connectivity index (χ4v) is 4.08. The summed E-state index contributed by atoms with van der Waals surface area (Å²) >= 11 is 0. The lowest BCUT2D eigenvalue weighted by molar-refractivity contribution is -0.179. The Morgan fingerprint density at radius 1 is 1.21 bits per heavy atom. The average molecular weight is 386 g/mol. The third-order valence-electron chi connectivity index (χ3n) is 5.73. The van der Waals surface area contributed by atoms with Crippen molar-refractivity contribution in [3.8, 4) is 0 Å². The Morgan fingerprint density at radius 3 is 2.86 bits per heavy atom. The molecule has 4 rings (SSSR count). The summed E-state index contributed by atoms with van der Waals surface area (Å²) in [5.74, 6) is 0. The quantitative estimate of drug-likeness (QED) is 0.725. The summed E-state index contributed by atoms with van der Waals surface area (Å²) in [6.07, 6.45) is 0.825. The van der Waals surface area contributed by atoms with Crippen molar-refractivity contribution in [1.29, 1.82) is 0 Å². The van der Waals surface area contributed by atoms with E-state index in [1.54, 1.807) is 0 Å². The summed E-state index contributed by atoms with van der Waals surface area (Å²) < 4.78 is 11.9. The first-order valence-electron chi connectivity index (χ1n) is 9.90. The lowest BCUT2D eigenvalue weighted by Gasteiger charge is -2.43. The molecule has 152 valence electrons. The highest BCUT2D eigenvalue weighted by Gasteiger charge is 2.51. The van der Waals surface area contributed by atoms with Crippen LogP contribution >= 0.6 is 0 Å². The van der Waals surface area contributed by atoms with E-state index in [1.807, 2.05) is 45.5 Å². The van der Waals surface area contributed by atoms with Gasteiger partial charge < -0.3 is 24.8 Å². The molecule has 0 saturated carbocycles. The highest BCUT2D eigenvalue weighted by Crippen LogP contribution is 2.31. The topological polar surface area (TPSA) is 70.1 Å². The number of likely N-dealkylation sites (N-methyl/N-ethyl adjacent to an activating group) is 2. The minimum atomic E-state index is -0.563. The van der Waals surface area contributed by atoms with Crippen LogP contribution in [0.15, 0.2) is 36.5 Å². The molecule has 2 aliphatic heterocycles. The number of rotatable bonds is 7. The number of ether oxygens (including phenoxy) is 2. The van der Waals surface area contributed by atoms with Crippen molar-refractivity contribution < 1.29 is 14.6 Å².